The van der Waals surface area contributed by atoms with Crippen molar-refractivity contribution >= 4 is 0 Å². The number of aromatic nitrogens is 3. The molecule has 2 rings (SSSR count). The molecule has 1 aromatic carbocycles. The predicted molar refractivity (Wildman–Crippen MR) is 81.4 cm³/mol. The van der Waals surface area contributed by atoms with Crippen LogP contribution in [0.15, 0.2) is 30.6 Å². The summed E-state index contributed by atoms with van der Waals surface area (Å²) in [5.41, 5.74) is 1.19. The molecular weight excluding hydrogens is 266 g/mol. The van der Waals surface area contributed by atoms with Crippen LogP contribution in [0.25, 0.3) is 0 Å². The average molecular weight is 289 g/mol. The van der Waals surface area contributed by atoms with Crippen LogP contribution in [0.1, 0.15) is 31.3 Å². The molecule has 1 N–H and O–H groups in total. The molecule has 0 bridgehead atoms. The molecule has 0 aliphatic heterocycles. The molecule has 5 heteroatoms. The molecule has 0 saturated carbocycles. The summed E-state index contributed by atoms with van der Waals surface area (Å²) in [5, 5.41) is 13.9. The largest absolute Gasteiger partial charge is 0.497 e. The summed E-state index contributed by atoms with van der Waals surface area (Å²) in [6, 6.07) is 8.24. The molecule has 0 aliphatic carbocycles. The Kier molecular flexibility index (Phi) is 5.33. The van der Waals surface area contributed by atoms with Gasteiger partial charge in [0, 0.05) is 19.1 Å². The topological polar surface area (TPSA) is 60.2 Å². The number of benzene rings is 1. The second kappa shape index (κ2) is 7.22. The fraction of sp³-hybridized carbons (Fsp3) is 0.500. The number of aliphatic hydroxyl groups excluding tert-OH is 1. The molecule has 114 valence electrons. The summed E-state index contributed by atoms with van der Waals surface area (Å²) in [7, 11) is 1.66. The number of aliphatic hydroxyl groups is 1. The summed E-state index contributed by atoms with van der Waals surface area (Å²) in [4.78, 5) is 4.31. The highest BCUT2D eigenvalue weighted by Gasteiger charge is 2.15. The van der Waals surface area contributed by atoms with E-state index in [2.05, 4.69) is 23.9 Å². The highest BCUT2D eigenvalue weighted by molar-refractivity contribution is 5.27. The van der Waals surface area contributed by atoms with Gasteiger partial charge in [0.25, 0.3) is 0 Å². The zero-order chi connectivity index (χ0) is 15.2. The Morgan fingerprint density at radius 3 is 2.48 bits per heavy atom. The summed E-state index contributed by atoms with van der Waals surface area (Å²) < 4.78 is 7.07. The molecule has 0 fully saturated rings. The number of ether oxygens (including phenoxy) is 1. The van der Waals surface area contributed by atoms with Crippen molar-refractivity contribution in [3.05, 3.63) is 42.0 Å². The summed E-state index contributed by atoms with van der Waals surface area (Å²) in [5.74, 6) is 1.91. The van der Waals surface area contributed by atoms with Crippen molar-refractivity contribution in [3.63, 3.8) is 0 Å². The first-order valence-corrected chi connectivity index (χ1v) is 7.26. The molecule has 2 aromatic rings. The maximum Gasteiger partial charge on any atom is 0.138 e. The minimum Gasteiger partial charge on any atom is -0.497 e. The van der Waals surface area contributed by atoms with Crippen LogP contribution in [0.4, 0.5) is 0 Å². The van der Waals surface area contributed by atoms with E-state index in [9.17, 15) is 5.11 Å². The third kappa shape index (κ3) is 4.04. The quantitative estimate of drug-likeness (QED) is 0.849. The van der Waals surface area contributed by atoms with Gasteiger partial charge in [-0.25, -0.2) is 9.67 Å². The van der Waals surface area contributed by atoms with Gasteiger partial charge in [-0.05, 0) is 43.9 Å². The second-order valence-corrected chi connectivity index (χ2v) is 5.52. The fourth-order valence-corrected chi connectivity index (χ4v) is 2.41. The lowest BCUT2D eigenvalue weighted by Crippen LogP contribution is -2.17. The van der Waals surface area contributed by atoms with E-state index < -0.39 is 0 Å². The molecule has 1 atom stereocenters. The number of methoxy groups -OCH3 is 1. The smallest absolute Gasteiger partial charge is 0.138 e. The fourth-order valence-electron chi connectivity index (χ4n) is 2.41. The van der Waals surface area contributed by atoms with Gasteiger partial charge in [-0.15, -0.1) is 0 Å². The first-order valence-electron chi connectivity index (χ1n) is 7.26. The van der Waals surface area contributed by atoms with Gasteiger partial charge in [0.2, 0.25) is 0 Å². The van der Waals surface area contributed by atoms with E-state index in [1.165, 1.54) is 5.56 Å². The third-order valence-corrected chi connectivity index (χ3v) is 3.55. The van der Waals surface area contributed by atoms with E-state index in [1.807, 2.05) is 28.9 Å². The van der Waals surface area contributed by atoms with Crippen LogP contribution in [0.5, 0.6) is 5.75 Å². The summed E-state index contributed by atoms with van der Waals surface area (Å²) in [6.07, 6.45) is 3.11. The predicted octanol–water partition coefficient (Wildman–Crippen LogP) is 2.26. The van der Waals surface area contributed by atoms with Crippen LogP contribution in [-0.4, -0.2) is 33.6 Å². The van der Waals surface area contributed by atoms with Gasteiger partial charge in [0.1, 0.15) is 17.9 Å². The SMILES string of the molecule is COc1ccc(CC(CO)Cc2ncnn2C(C)C)cc1. The van der Waals surface area contributed by atoms with Crippen LogP contribution >= 0.6 is 0 Å². The number of rotatable bonds is 7. The summed E-state index contributed by atoms with van der Waals surface area (Å²) >= 11 is 0. The van der Waals surface area contributed by atoms with Gasteiger partial charge >= 0.3 is 0 Å². The summed E-state index contributed by atoms with van der Waals surface area (Å²) in [6.45, 7) is 4.29. The second-order valence-electron chi connectivity index (χ2n) is 5.52. The van der Waals surface area contributed by atoms with Crippen molar-refractivity contribution in [1.29, 1.82) is 0 Å². The van der Waals surface area contributed by atoms with E-state index in [-0.39, 0.29) is 18.6 Å². The zero-order valence-electron chi connectivity index (χ0n) is 12.9. The van der Waals surface area contributed by atoms with Crippen molar-refractivity contribution in [2.45, 2.75) is 32.7 Å². The van der Waals surface area contributed by atoms with Gasteiger partial charge in [0.05, 0.1) is 7.11 Å². The van der Waals surface area contributed by atoms with E-state index in [0.29, 0.717) is 0 Å². The molecule has 0 spiro atoms. The van der Waals surface area contributed by atoms with Crippen LogP contribution in [-0.2, 0) is 12.8 Å². The van der Waals surface area contributed by atoms with E-state index in [1.54, 1.807) is 13.4 Å². The van der Waals surface area contributed by atoms with Gasteiger partial charge in [-0.2, -0.15) is 5.10 Å². The van der Waals surface area contributed by atoms with Gasteiger partial charge in [-0.3, -0.25) is 0 Å². The maximum atomic E-state index is 9.63. The minimum atomic E-state index is 0.136. The van der Waals surface area contributed by atoms with Gasteiger partial charge in [-0.1, -0.05) is 12.1 Å². The lowest BCUT2D eigenvalue weighted by Gasteiger charge is -2.16. The monoisotopic (exact) mass is 289 g/mol. The molecule has 0 aliphatic rings. The van der Waals surface area contributed by atoms with Crippen LogP contribution in [0, 0.1) is 5.92 Å². The molecule has 1 unspecified atom stereocenters. The van der Waals surface area contributed by atoms with E-state index >= 15 is 0 Å². The molecule has 0 saturated heterocycles. The highest BCUT2D eigenvalue weighted by atomic mass is 16.5. The molecule has 21 heavy (non-hydrogen) atoms. The van der Waals surface area contributed by atoms with Crippen molar-refractivity contribution in [2.75, 3.05) is 13.7 Å². The lowest BCUT2D eigenvalue weighted by molar-refractivity contribution is 0.221. The normalized spacial score (nSPS) is 12.6. The number of hydrogen-bond donors (Lipinski definition) is 1. The lowest BCUT2D eigenvalue weighted by atomic mass is 9.96. The molecule has 1 heterocycles. The van der Waals surface area contributed by atoms with E-state index in [4.69, 9.17) is 4.74 Å². The Hall–Kier alpha value is -1.88. The van der Waals surface area contributed by atoms with Crippen LogP contribution in [0.3, 0.4) is 0 Å². The highest BCUT2D eigenvalue weighted by Crippen LogP contribution is 2.18. The van der Waals surface area contributed by atoms with Crippen molar-refractivity contribution < 1.29 is 9.84 Å². The van der Waals surface area contributed by atoms with Crippen LogP contribution in [0.2, 0.25) is 0 Å². The molecular formula is C16H23N3O2. The van der Waals surface area contributed by atoms with Crippen molar-refractivity contribution in [1.82, 2.24) is 14.8 Å². The number of hydrogen-bond acceptors (Lipinski definition) is 4. The van der Waals surface area contributed by atoms with Gasteiger partial charge in [0.15, 0.2) is 0 Å². The molecule has 1 aromatic heterocycles. The Balaban J connectivity index is 2.03. The number of nitrogens with zero attached hydrogens (tertiary/aromatic N) is 3. The first kappa shape index (κ1) is 15.5. The van der Waals surface area contributed by atoms with Crippen molar-refractivity contribution in [3.8, 4) is 5.75 Å². The zero-order valence-corrected chi connectivity index (χ0v) is 12.9. The molecule has 5 nitrogen and oxygen atoms in total. The van der Waals surface area contributed by atoms with E-state index in [0.717, 1.165) is 24.4 Å². The molecule has 0 radical (unpaired) electrons. The van der Waals surface area contributed by atoms with Gasteiger partial charge < -0.3 is 9.84 Å². The molecule has 0 amide bonds. The Morgan fingerprint density at radius 2 is 1.90 bits per heavy atom. The Morgan fingerprint density at radius 1 is 1.19 bits per heavy atom. The standard InChI is InChI=1S/C16H23N3O2/c1-12(2)19-16(17-11-18-19)9-14(10-20)8-13-4-6-15(21-3)7-5-13/h4-7,11-12,14,20H,8-10H2,1-3H3. The van der Waals surface area contributed by atoms with Crippen molar-refractivity contribution in [2.24, 2.45) is 5.92 Å². The minimum absolute atomic E-state index is 0.136. The third-order valence-electron chi connectivity index (χ3n) is 3.55. The Labute approximate surface area is 125 Å². The maximum absolute atomic E-state index is 9.63. The average Bonchev–Trinajstić information content (AvgIpc) is 2.95. The first-order chi connectivity index (χ1) is 10.1. The Bertz CT molecular complexity index is 549. The van der Waals surface area contributed by atoms with Crippen LogP contribution < -0.4 is 4.74 Å².